The van der Waals surface area contributed by atoms with Crippen LogP contribution >= 0.6 is 0 Å². The van der Waals surface area contributed by atoms with E-state index in [1.54, 1.807) is 0 Å². The minimum absolute atomic E-state index is 0.168. The lowest BCUT2D eigenvalue weighted by Gasteiger charge is -2.38. The van der Waals surface area contributed by atoms with Gasteiger partial charge in [0, 0.05) is 25.2 Å². The Bertz CT molecular complexity index is 697. The number of ether oxygens (including phenoxy) is 3. The molecule has 0 spiro atoms. The largest absolute Gasteiger partial charge is 0.481 e. The van der Waals surface area contributed by atoms with Crippen molar-refractivity contribution in [1.82, 2.24) is 5.32 Å². The van der Waals surface area contributed by atoms with E-state index < -0.39 is 17.8 Å². The highest BCUT2D eigenvalue weighted by Crippen LogP contribution is 2.42. The third-order valence-corrected chi connectivity index (χ3v) is 5.48. The lowest BCUT2D eigenvalue weighted by Crippen LogP contribution is -2.45. The Labute approximate surface area is 145 Å². The zero-order valence-electron chi connectivity index (χ0n) is 13.8. The highest BCUT2D eigenvalue weighted by molar-refractivity contribution is 5.89. The normalized spacial score (nSPS) is 26.1. The summed E-state index contributed by atoms with van der Waals surface area (Å²) in [6.07, 6.45) is 2.02. The van der Waals surface area contributed by atoms with E-state index >= 15 is 0 Å². The molecule has 7 nitrogen and oxygen atoms in total. The zero-order valence-corrected chi connectivity index (χ0v) is 13.8. The van der Waals surface area contributed by atoms with Gasteiger partial charge in [0.15, 0.2) is 11.5 Å². The zero-order chi connectivity index (χ0) is 17.4. The van der Waals surface area contributed by atoms with Crippen LogP contribution in [0.2, 0.25) is 0 Å². The number of carboxylic acids is 1. The lowest BCUT2D eigenvalue weighted by molar-refractivity contribution is -0.140. The second kappa shape index (κ2) is 6.22. The third-order valence-electron chi connectivity index (χ3n) is 5.48. The highest BCUT2D eigenvalue weighted by atomic mass is 16.7. The summed E-state index contributed by atoms with van der Waals surface area (Å²) in [6, 6.07) is 5.90. The summed E-state index contributed by atoms with van der Waals surface area (Å²) >= 11 is 0. The van der Waals surface area contributed by atoms with Gasteiger partial charge in [-0.1, -0.05) is 6.07 Å². The van der Waals surface area contributed by atoms with E-state index in [1.165, 1.54) is 0 Å². The van der Waals surface area contributed by atoms with Gasteiger partial charge in [-0.2, -0.15) is 0 Å². The van der Waals surface area contributed by atoms with Crippen molar-refractivity contribution in [2.45, 2.75) is 24.7 Å². The number of benzene rings is 1. The maximum absolute atomic E-state index is 12.3. The standard InChI is InChI=1S/C18H21NO6/c20-16(12-8-13(12)17(21)22)19-9-18(3-5-23-6-4-18)11-1-2-14-15(7-11)25-10-24-14/h1-2,7,12-13H,3-6,8-10H2,(H,19,20)(H,21,22). The first-order valence-electron chi connectivity index (χ1n) is 8.57. The molecule has 7 heteroatoms. The predicted molar refractivity (Wildman–Crippen MR) is 86.5 cm³/mol. The first-order valence-corrected chi connectivity index (χ1v) is 8.57. The molecule has 1 aliphatic carbocycles. The SMILES string of the molecule is O=C(O)C1CC1C(=O)NCC1(c2ccc3c(c2)OCO3)CCOCC1. The molecule has 0 bridgehead atoms. The summed E-state index contributed by atoms with van der Waals surface area (Å²) in [4.78, 5) is 23.2. The second-order valence-corrected chi connectivity index (χ2v) is 6.97. The van der Waals surface area contributed by atoms with Gasteiger partial charge in [-0.05, 0) is 37.0 Å². The quantitative estimate of drug-likeness (QED) is 0.834. The van der Waals surface area contributed by atoms with Gasteiger partial charge in [0.25, 0.3) is 0 Å². The molecule has 1 aromatic rings. The maximum Gasteiger partial charge on any atom is 0.307 e. The Hall–Kier alpha value is -2.28. The van der Waals surface area contributed by atoms with Gasteiger partial charge in [-0.25, -0.2) is 0 Å². The molecule has 1 aromatic carbocycles. The van der Waals surface area contributed by atoms with E-state index in [1.807, 2.05) is 18.2 Å². The van der Waals surface area contributed by atoms with Gasteiger partial charge in [-0.15, -0.1) is 0 Å². The van der Waals surface area contributed by atoms with Crippen molar-refractivity contribution in [3.05, 3.63) is 23.8 Å². The molecule has 25 heavy (non-hydrogen) atoms. The maximum atomic E-state index is 12.3. The van der Waals surface area contributed by atoms with E-state index in [4.69, 9.17) is 19.3 Å². The number of fused-ring (bicyclic) bond motifs is 1. The number of carbonyl (C=O) groups excluding carboxylic acids is 1. The van der Waals surface area contributed by atoms with Crippen LogP contribution in [-0.4, -0.2) is 43.5 Å². The highest BCUT2D eigenvalue weighted by Gasteiger charge is 2.48. The van der Waals surface area contributed by atoms with Crippen LogP contribution in [0, 0.1) is 11.8 Å². The number of rotatable bonds is 5. The Balaban J connectivity index is 1.50. The average molecular weight is 347 g/mol. The van der Waals surface area contributed by atoms with Crippen LogP contribution in [0.25, 0.3) is 0 Å². The minimum atomic E-state index is -0.892. The number of hydrogen-bond donors (Lipinski definition) is 2. The van der Waals surface area contributed by atoms with E-state index in [0.717, 1.165) is 29.9 Å². The Morgan fingerprint density at radius 1 is 1.16 bits per heavy atom. The van der Waals surface area contributed by atoms with E-state index in [-0.39, 0.29) is 18.1 Å². The molecule has 3 aliphatic rings. The van der Waals surface area contributed by atoms with Crippen LogP contribution in [0.5, 0.6) is 11.5 Å². The summed E-state index contributed by atoms with van der Waals surface area (Å²) < 4.78 is 16.4. The Kier molecular flexibility index (Phi) is 4.03. The van der Waals surface area contributed by atoms with Crippen molar-refractivity contribution in [3.63, 3.8) is 0 Å². The van der Waals surface area contributed by atoms with E-state index in [2.05, 4.69) is 5.32 Å². The number of carbonyl (C=O) groups is 2. The van der Waals surface area contributed by atoms with Gasteiger partial charge < -0.3 is 24.6 Å². The molecule has 2 heterocycles. The first-order chi connectivity index (χ1) is 12.1. The summed E-state index contributed by atoms with van der Waals surface area (Å²) in [5, 5.41) is 12.0. The second-order valence-electron chi connectivity index (χ2n) is 6.97. The van der Waals surface area contributed by atoms with Gasteiger partial charge in [-0.3, -0.25) is 9.59 Å². The molecule has 134 valence electrons. The number of amides is 1. The van der Waals surface area contributed by atoms with Crippen molar-refractivity contribution in [1.29, 1.82) is 0 Å². The van der Waals surface area contributed by atoms with Crippen molar-refractivity contribution >= 4 is 11.9 Å². The number of aliphatic carboxylic acids is 1. The van der Waals surface area contributed by atoms with Crippen LogP contribution in [0.3, 0.4) is 0 Å². The van der Waals surface area contributed by atoms with Crippen LogP contribution in [0.15, 0.2) is 18.2 Å². The molecule has 2 atom stereocenters. The molecule has 1 saturated carbocycles. The van der Waals surface area contributed by atoms with Gasteiger partial charge in [0.2, 0.25) is 12.7 Å². The van der Waals surface area contributed by atoms with Crippen molar-refractivity contribution in [3.8, 4) is 11.5 Å². The molecule has 2 unspecified atom stereocenters. The smallest absolute Gasteiger partial charge is 0.307 e. The third kappa shape index (κ3) is 3.04. The monoisotopic (exact) mass is 347 g/mol. The fourth-order valence-corrected chi connectivity index (χ4v) is 3.70. The summed E-state index contributed by atoms with van der Waals surface area (Å²) in [6.45, 7) is 1.96. The van der Waals surface area contributed by atoms with Gasteiger partial charge in [0.05, 0.1) is 11.8 Å². The van der Waals surface area contributed by atoms with Crippen LogP contribution in [-0.2, 0) is 19.7 Å². The molecular formula is C18H21NO6. The van der Waals surface area contributed by atoms with E-state index in [9.17, 15) is 9.59 Å². The number of carboxylic acid groups (broad SMARTS) is 1. The van der Waals surface area contributed by atoms with Crippen LogP contribution in [0.1, 0.15) is 24.8 Å². The van der Waals surface area contributed by atoms with E-state index in [0.29, 0.717) is 26.2 Å². The number of nitrogens with one attached hydrogen (secondary N) is 1. The van der Waals surface area contributed by atoms with Crippen molar-refractivity contribution in [2.75, 3.05) is 26.6 Å². The molecule has 4 rings (SSSR count). The molecule has 1 saturated heterocycles. The molecule has 2 aliphatic heterocycles. The molecule has 1 amide bonds. The summed E-state index contributed by atoms with van der Waals surface area (Å²) in [5.74, 6) is -0.529. The average Bonchev–Trinajstić information content (AvgIpc) is 3.31. The Morgan fingerprint density at radius 3 is 2.64 bits per heavy atom. The predicted octanol–water partition coefficient (Wildman–Crippen LogP) is 1.30. The Morgan fingerprint density at radius 2 is 1.92 bits per heavy atom. The first kappa shape index (κ1) is 16.2. The molecular weight excluding hydrogens is 326 g/mol. The van der Waals surface area contributed by atoms with Gasteiger partial charge in [0.1, 0.15) is 0 Å². The van der Waals surface area contributed by atoms with Crippen molar-refractivity contribution < 1.29 is 28.9 Å². The summed E-state index contributed by atoms with van der Waals surface area (Å²) in [5.41, 5.74) is 0.855. The topological polar surface area (TPSA) is 94.1 Å². The molecule has 2 fully saturated rings. The lowest BCUT2D eigenvalue weighted by atomic mass is 9.74. The minimum Gasteiger partial charge on any atom is -0.481 e. The molecule has 0 aromatic heterocycles. The summed E-state index contributed by atoms with van der Waals surface area (Å²) in [7, 11) is 0. The fourth-order valence-electron chi connectivity index (χ4n) is 3.70. The number of hydrogen-bond acceptors (Lipinski definition) is 5. The fraction of sp³-hybridized carbons (Fsp3) is 0.556. The van der Waals surface area contributed by atoms with Gasteiger partial charge >= 0.3 is 5.97 Å². The van der Waals surface area contributed by atoms with Crippen LogP contribution < -0.4 is 14.8 Å². The van der Waals surface area contributed by atoms with Crippen LogP contribution in [0.4, 0.5) is 0 Å². The molecule has 0 radical (unpaired) electrons. The molecule has 2 N–H and O–H groups in total. The van der Waals surface area contributed by atoms with Crippen molar-refractivity contribution in [2.24, 2.45) is 11.8 Å².